The van der Waals surface area contributed by atoms with Gasteiger partial charge in [0.15, 0.2) is 29.0 Å². The van der Waals surface area contributed by atoms with E-state index in [-0.39, 0.29) is 13.4 Å². The second-order valence-corrected chi connectivity index (χ2v) is 16.7. The zero-order valence-electron chi connectivity index (χ0n) is 35.2. The van der Waals surface area contributed by atoms with Gasteiger partial charge in [0.05, 0.1) is 17.1 Å². The van der Waals surface area contributed by atoms with Crippen LogP contribution < -0.4 is 47.3 Å². The van der Waals surface area contributed by atoms with Crippen molar-refractivity contribution in [2.24, 2.45) is 0 Å². The minimum absolute atomic E-state index is 0.00644. The van der Waals surface area contributed by atoms with Crippen molar-refractivity contribution in [3.8, 4) is 45.7 Å². The van der Waals surface area contributed by atoms with Crippen molar-refractivity contribution in [2.45, 2.75) is 0 Å². The molecule has 0 unspecified atom stereocenters. The molecule has 0 fully saturated rings. The summed E-state index contributed by atoms with van der Waals surface area (Å²) in [6.07, 6.45) is 0. The van der Waals surface area contributed by atoms with Gasteiger partial charge in [-0.1, -0.05) is 186 Å². The molecule has 3 aliphatic heterocycles. The largest absolute Gasteiger partial charge is 0.451 e. The number of para-hydroxylation sites is 4. The summed E-state index contributed by atoms with van der Waals surface area (Å²) in [4.78, 5) is 19.8. The molecule has 0 saturated carbocycles. The van der Waals surface area contributed by atoms with E-state index in [1.165, 1.54) is 32.8 Å². The smallest absolute Gasteiger partial charge is 0.245 e. The summed E-state index contributed by atoms with van der Waals surface area (Å²) in [7, 11) is 0. The van der Waals surface area contributed by atoms with Crippen molar-refractivity contribution < 1.29 is 4.74 Å². The number of ether oxygens (including phenoxy) is 1. The summed E-state index contributed by atoms with van der Waals surface area (Å²) in [5, 5.41) is 0. The van der Waals surface area contributed by atoms with Gasteiger partial charge < -0.3 is 14.5 Å². The van der Waals surface area contributed by atoms with Crippen LogP contribution in [0.2, 0.25) is 0 Å². The highest BCUT2D eigenvalue weighted by atomic mass is 16.5. The van der Waals surface area contributed by atoms with E-state index in [4.69, 9.17) is 19.7 Å². The van der Waals surface area contributed by atoms with Crippen molar-refractivity contribution in [1.29, 1.82) is 0 Å². The molecule has 13 rings (SSSR count). The van der Waals surface area contributed by atoms with Crippen LogP contribution in [0.3, 0.4) is 0 Å². The Morgan fingerprint density at radius 2 is 0.831 bits per heavy atom. The molecule has 65 heavy (non-hydrogen) atoms. The van der Waals surface area contributed by atoms with Gasteiger partial charge in [-0.15, -0.1) is 0 Å². The molecular weight excluding hydrogens is 792 g/mol. The highest BCUT2D eigenvalue weighted by molar-refractivity contribution is 7.12. The SMILES string of the molecule is c1ccc(B2c3ccccc3B3c4ccccc4N(c4ccccc4)c4c5c(cc2c43)N(c2ccc(-c3nc(-c4ccccc4)nc(-c4ccccc4)n3)cc2)c2ccccc2O5)cc1. The molecule has 0 saturated heterocycles. The average molecular weight is 830 g/mol. The molecule has 0 amide bonds. The van der Waals surface area contributed by atoms with Gasteiger partial charge in [0.2, 0.25) is 13.4 Å². The van der Waals surface area contributed by atoms with Crippen LogP contribution in [-0.2, 0) is 0 Å². The van der Waals surface area contributed by atoms with Crippen molar-refractivity contribution in [1.82, 2.24) is 15.0 Å². The first-order valence-electron chi connectivity index (χ1n) is 22.1. The highest BCUT2D eigenvalue weighted by Crippen LogP contribution is 2.55. The first-order chi connectivity index (χ1) is 32.3. The predicted molar refractivity (Wildman–Crippen MR) is 268 cm³/mol. The number of hydrogen-bond acceptors (Lipinski definition) is 6. The maximum absolute atomic E-state index is 7.29. The van der Waals surface area contributed by atoms with E-state index in [9.17, 15) is 0 Å². The van der Waals surface area contributed by atoms with E-state index in [1.54, 1.807) is 0 Å². The molecule has 0 radical (unpaired) electrons. The number of hydrogen-bond donors (Lipinski definition) is 0. The normalized spacial score (nSPS) is 12.9. The Morgan fingerprint density at radius 3 is 1.46 bits per heavy atom. The molecule has 8 heteroatoms. The fraction of sp³-hybridized carbons (Fsp3) is 0. The second kappa shape index (κ2) is 15.1. The van der Waals surface area contributed by atoms with Gasteiger partial charge in [-0.3, -0.25) is 0 Å². The Kier molecular flexibility index (Phi) is 8.62. The fourth-order valence-corrected chi connectivity index (χ4v) is 10.2. The molecule has 3 aliphatic rings. The lowest BCUT2D eigenvalue weighted by molar-refractivity contribution is 0.478. The van der Waals surface area contributed by atoms with Gasteiger partial charge in [0, 0.05) is 33.8 Å². The Morgan fingerprint density at radius 1 is 0.354 bits per heavy atom. The summed E-state index contributed by atoms with van der Waals surface area (Å²) >= 11 is 0. The monoisotopic (exact) mass is 829 g/mol. The van der Waals surface area contributed by atoms with Crippen LogP contribution in [0.1, 0.15) is 0 Å². The second-order valence-electron chi connectivity index (χ2n) is 16.7. The molecule has 0 N–H and O–H groups in total. The quantitative estimate of drug-likeness (QED) is 0.156. The van der Waals surface area contributed by atoms with E-state index in [0.717, 1.165) is 62.3 Å². The van der Waals surface area contributed by atoms with Crippen LogP contribution in [0, 0.1) is 0 Å². The van der Waals surface area contributed by atoms with Crippen LogP contribution in [0.4, 0.5) is 34.1 Å². The summed E-state index contributed by atoms with van der Waals surface area (Å²) in [5.41, 5.74) is 16.7. The molecule has 10 aromatic rings. The van der Waals surface area contributed by atoms with Crippen LogP contribution >= 0.6 is 0 Å². The zero-order chi connectivity index (χ0) is 42.8. The Bertz CT molecular complexity index is 3360. The van der Waals surface area contributed by atoms with Crippen molar-refractivity contribution in [2.75, 3.05) is 9.80 Å². The van der Waals surface area contributed by atoms with E-state index in [2.05, 4.69) is 174 Å². The van der Waals surface area contributed by atoms with Gasteiger partial charge in [0.1, 0.15) is 0 Å². The molecule has 0 aliphatic carbocycles. The van der Waals surface area contributed by atoms with Crippen LogP contribution in [0.5, 0.6) is 11.5 Å². The minimum Gasteiger partial charge on any atom is -0.451 e. The predicted octanol–water partition coefficient (Wildman–Crippen LogP) is 9.58. The van der Waals surface area contributed by atoms with Crippen molar-refractivity contribution in [3.63, 3.8) is 0 Å². The third-order valence-electron chi connectivity index (χ3n) is 13.0. The molecule has 6 nitrogen and oxygen atoms in total. The van der Waals surface area contributed by atoms with Gasteiger partial charge in [-0.05, 0) is 71.6 Å². The Balaban J connectivity index is 1.05. The standard InChI is InChI=1S/C57H37B2N5O/c1-5-19-38(20-6-1)55-60-56(39-21-7-2-8-22-39)62-57(61-55)40-33-35-43(36-34-40)63-49-31-17-18-32-51(49)65-54-50(63)37-47-52-53(54)64(42-25-11-4-12-26-42)48-30-16-15-29-46(48)59(52)45-28-14-13-27-44(45)58(47)41-23-9-3-10-24-41/h1-37H. The van der Waals surface area contributed by atoms with Crippen molar-refractivity contribution in [3.05, 3.63) is 224 Å². The topological polar surface area (TPSA) is 54.4 Å². The van der Waals surface area contributed by atoms with Crippen molar-refractivity contribution >= 4 is 80.3 Å². The third kappa shape index (κ3) is 6.02. The lowest BCUT2D eigenvalue weighted by Gasteiger charge is -2.45. The number of anilines is 6. The maximum atomic E-state index is 7.29. The summed E-state index contributed by atoms with van der Waals surface area (Å²) < 4.78 is 7.29. The zero-order valence-corrected chi connectivity index (χ0v) is 35.2. The van der Waals surface area contributed by atoms with Gasteiger partial charge in [0.25, 0.3) is 0 Å². The Labute approximate surface area is 378 Å². The first kappa shape index (κ1) is 37.1. The van der Waals surface area contributed by atoms with E-state index >= 15 is 0 Å². The molecule has 0 bridgehead atoms. The number of nitrogens with zero attached hydrogens (tertiary/aromatic N) is 5. The third-order valence-corrected chi connectivity index (χ3v) is 13.0. The molecular formula is C57H37B2N5O. The first-order valence-corrected chi connectivity index (χ1v) is 22.1. The van der Waals surface area contributed by atoms with Gasteiger partial charge >= 0.3 is 0 Å². The average Bonchev–Trinajstić information content (AvgIpc) is 3.39. The van der Waals surface area contributed by atoms with E-state index in [1.807, 2.05) is 60.7 Å². The number of benzene rings is 9. The van der Waals surface area contributed by atoms with Crippen LogP contribution in [0.25, 0.3) is 34.2 Å². The molecule has 9 aromatic carbocycles. The summed E-state index contributed by atoms with van der Waals surface area (Å²) in [6, 6.07) is 79.3. The summed E-state index contributed by atoms with van der Waals surface area (Å²) in [6.45, 7) is -0.0264. The van der Waals surface area contributed by atoms with E-state index in [0.29, 0.717) is 17.5 Å². The molecule has 0 atom stereocenters. The van der Waals surface area contributed by atoms with Gasteiger partial charge in [-0.25, -0.2) is 15.0 Å². The molecule has 1 aromatic heterocycles. The summed E-state index contributed by atoms with van der Waals surface area (Å²) in [5.74, 6) is 3.48. The molecule has 0 spiro atoms. The lowest BCUT2D eigenvalue weighted by Crippen LogP contribution is -2.76. The Hall–Kier alpha value is -8.48. The van der Waals surface area contributed by atoms with Crippen LogP contribution in [0.15, 0.2) is 224 Å². The maximum Gasteiger partial charge on any atom is 0.245 e. The highest BCUT2D eigenvalue weighted by Gasteiger charge is 2.48. The van der Waals surface area contributed by atoms with E-state index < -0.39 is 0 Å². The van der Waals surface area contributed by atoms with Gasteiger partial charge in [-0.2, -0.15) is 0 Å². The lowest BCUT2D eigenvalue weighted by atomic mass is 9.20. The fourth-order valence-electron chi connectivity index (χ4n) is 10.2. The molecule has 4 heterocycles. The number of rotatable bonds is 6. The van der Waals surface area contributed by atoms with Crippen LogP contribution in [-0.4, -0.2) is 28.4 Å². The number of fused-ring (bicyclic) bond motifs is 7. The minimum atomic E-state index is -0.0200. The molecule has 302 valence electrons. The number of aromatic nitrogens is 3.